The monoisotopic (exact) mass is 543 g/mol. The molecule has 0 N–H and O–H groups in total. The number of fused-ring (bicyclic) bond motifs is 3. The van der Waals surface area contributed by atoms with Crippen LogP contribution in [0.4, 0.5) is 5.69 Å². The van der Waals surface area contributed by atoms with E-state index in [1.165, 1.54) is 29.0 Å². The molecular weight excluding hydrogens is 526 g/mol. The molecule has 0 amide bonds. The van der Waals surface area contributed by atoms with Crippen LogP contribution in [0, 0.1) is 10.1 Å². The van der Waals surface area contributed by atoms with Crippen molar-refractivity contribution in [1.82, 2.24) is 4.57 Å². The predicted octanol–water partition coefficient (Wildman–Crippen LogP) is 4.99. The molecule has 0 saturated carbocycles. The van der Waals surface area contributed by atoms with Gasteiger partial charge in [0.15, 0.2) is 4.80 Å². The molecule has 2 aliphatic rings. The number of hydrogen-bond acceptors (Lipinski definition) is 5. The van der Waals surface area contributed by atoms with E-state index in [4.69, 9.17) is 4.99 Å². The molecule has 0 spiro atoms. The van der Waals surface area contributed by atoms with Crippen LogP contribution in [0.1, 0.15) is 34.7 Å². The highest BCUT2D eigenvalue weighted by Gasteiger charge is 2.32. The van der Waals surface area contributed by atoms with Gasteiger partial charge in [-0.2, -0.15) is 0 Å². The zero-order chi connectivity index (χ0) is 24.1. The summed E-state index contributed by atoms with van der Waals surface area (Å²) in [5.74, 6) is 0. The van der Waals surface area contributed by atoms with Gasteiger partial charge in [-0.15, -0.1) is 0 Å². The molecule has 1 aliphatic heterocycles. The van der Waals surface area contributed by atoms with Crippen LogP contribution >= 0.6 is 27.3 Å². The van der Waals surface area contributed by atoms with Crippen LogP contribution in [-0.4, -0.2) is 9.49 Å². The number of halogens is 1. The summed E-state index contributed by atoms with van der Waals surface area (Å²) < 4.78 is 3.33. The summed E-state index contributed by atoms with van der Waals surface area (Å²) in [7, 11) is 0. The van der Waals surface area contributed by atoms with Crippen molar-refractivity contribution in [3.63, 3.8) is 0 Å². The van der Waals surface area contributed by atoms with Crippen molar-refractivity contribution in [3.05, 3.63) is 135 Å². The Morgan fingerprint density at radius 3 is 2.51 bits per heavy atom. The van der Waals surface area contributed by atoms with E-state index >= 15 is 0 Å². The summed E-state index contributed by atoms with van der Waals surface area (Å²) in [5, 5.41) is 11.0. The molecular formula is C27H18BrN3O3S. The number of non-ortho nitro benzene ring substituents is 1. The molecule has 1 aromatic heterocycles. The molecule has 6 nitrogen and oxygen atoms in total. The minimum Gasteiger partial charge on any atom is -0.272 e. The van der Waals surface area contributed by atoms with Gasteiger partial charge in [0.25, 0.3) is 11.2 Å². The van der Waals surface area contributed by atoms with Crippen molar-refractivity contribution in [1.29, 1.82) is 0 Å². The van der Waals surface area contributed by atoms with Gasteiger partial charge in [-0.1, -0.05) is 63.7 Å². The lowest BCUT2D eigenvalue weighted by Gasteiger charge is -2.30. The minimum absolute atomic E-state index is 0.0187. The summed E-state index contributed by atoms with van der Waals surface area (Å²) in [5.41, 5.74) is 6.20. The van der Waals surface area contributed by atoms with E-state index in [-0.39, 0.29) is 17.3 Å². The molecule has 0 saturated heterocycles. The summed E-state index contributed by atoms with van der Waals surface area (Å²) in [6.45, 7) is 0. The molecule has 35 heavy (non-hydrogen) atoms. The van der Waals surface area contributed by atoms with E-state index in [1.807, 2.05) is 18.2 Å². The Labute approximate surface area is 212 Å². The first-order valence-corrected chi connectivity index (χ1v) is 12.7. The van der Waals surface area contributed by atoms with Crippen LogP contribution in [0.5, 0.6) is 0 Å². The van der Waals surface area contributed by atoms with Crippen molar-refractivity contribution in [3.8, 4) is 0 Å². The molecule has 8 heteroatoms. The Morgan fingerprint density at radius 2 is 1.77 bits per heavy atom. The molecule has 1 aliphatic carbocycles. The molecule has 3 aromatic carbocycles. The number of allylic oxidation sites excluding steroid dienone is 1. The largest absolute Gasteiger partial charge is 0.272 e. The Bertz CT molecular complexity index is 1700. The molecule has 4 aromatic rings. The summed E-state index contributed by atoms with van der Waals surface area (Å²) in [4.78, 5) is 29.9. The fraction of sp³-hybridized carbons (Fsp3) is 0.111. The average Bonchev–Trinajstić information content (AvgIpc) is 3.18. The van der Waals surface area contributed by atoms with Gasteiger partial charge < -0.3 is 0 Å². The van der Waals surface area contributed by atoms with Gasteiger partial charge in [0.2, 0.25) is 0 Å². The van der Waals surface area contributed by atoms with Crippen LogP contribution in [0.25, 0.3) is 11.8 Å². The molecule has 1 unspecified atom stereocenters. The number of aryl methyl sites for hydroxylation is 1. The van der Waals surface area contributed by atoms with E-state index in [0.29, 0.717) is 9.33 Å². The van der Waals surface area contributed by atoms with Crippen molar-refractivity contribution in [2.45, 2.75) is 18.9 Å². The quantitative estimate of drug-likeness (QED) is 0.270. The maximum atomic E-state index is 13.7. The zero-order valence-corrected chi connectivity index (χ0v) is 20.8. The second-order valence-corrected chi connectivity index (χ2v) is 10.4. The highest BCUT2D eigenvalue weighted by atomic mass is 79.9. The van der Waals surface area contributed by atoms with Crippen LogP contribution in [0.2, 0.25) is 0 Å². The third-order valence-corrected chi connectivity index (χ3v) is 7.97. The molecule has 172 valence electrons. The van der Waals surface area contributed by atoms with Crippen molar-refractivity contribution >= 4 is 44.7 Å². The normalized spacial score (nSPS) is 16.8. The lowest BCUT2D eigenvalue weighted by atomic mass is 9.83. The number of thiazole rings is 1. The Kier molecular flexibility index (Phi) is 5.35. The van der Waals surface area contributed by atoms with Crippen molar-refractivity contribution < 1.29 is 4.92 Å². The Hall–Kier alpha value is -3.62. The SMILES string of the molecule is O=c1c(=Cc2ccc([N+](=O)[O-])cc2)sc2n1C(c1ccc(Br)cc1)C1=C(N=2)c2ccccc2CC1. The highest BCUT2D eigenvalue weighted by Crippen LogP contribution is 2.41. The second-order valence-electron chi connectivity index (χ2n) is 8.51. The first-order valence-electron chi connectivity index (χ1n) is 11.1. The van der Waals surface area contributed by atoms with E-state index in [0.717, 1.165) is 45.3 Å². The summed E-state index contributed by atoms with van der Waals surface area (Å²) in [6, 6.07) is 22.4. The fourth-order valence-corrected chi connectivity index (χ4v) is 6.08. The molecule has 1 atom stereocenters. The van der Waals surface area contributed by atoms with Crippen LogP contribution in [0.3, 0.4) is 0 Å². The van der Waals surface area contributed by atoms with E-state index in [9.17, 15) is 14.9 Å². The van der Waals surface area contributed by atoms with Gasteiger partial charge in [-0.3, -0.25) is 19.5 Å². The highest BCUT2D eigenvalue weighted by molar-refractivity contribution is 9.10. The van der Waals surface area contributed by atoms with Gasteiger partial charge in [-0.05, 0) is 65.4 Å². The fourth-order valence-electron chi connectivity index (χ4n) is 4.81. The lowest BCUT2D eigenvalue weighted by Crippen LogP contribution is -2.38. The number of hydrogen-bond donors (Lipinski definition) is 0. The van der Waals surface area contributed by atoms with Crippen molar-refractivity contribution in [2.24, 2.45) is 4.99 Å². The van der Waals surface area contributed by atoms with Crippen LogP contribution in [0.15, 0.2) is 92.6 Å². The maximum absolute atomic E-state index is 13.7. The third-order valence-electron chi connectivity index (χ3n) is 6.46. The van der Waals surface area contributed by atoms with Gasteiger partial charge in [0.05, 0.1) is 21.2 Å². The average molecular weight is 544 g/mol. The molecule has 0 fully saturated rings. The topological polar surface area (TPSA) is 77.5 Å². The Balaban J connectivity index is 1.57. The number of nitro benzene ring substituents is 1. The molecule has 6 rings (SSSR count). The predicted molar refractivity (Wildman–Crippen MR) is 140 cm³/mol. The Morgan fingerprint density at radius 1 is 1.03 bits per heavy atom. The van der Waals surface area contributed by atoms with Gasteiger partial charge >= 0.3 is 0 Å². The van der Waals surface area contributed by atoms with Gasteiger partial charge in [-0.25, -0.2) is 4.99 Å². The van der Waals surface area contributed by atoms with Crippen LogP contribution in [-0.2, 0) is 6.42 Å². The van der Waals surface area contributed by atoms with Crippen LogP contribution < -0.4 is 14.9 Å². The third kappa shape index (κ3) is 3.79. The van der Waals surface area contributed by atoms with Crippen molar-refractivity contribution in [2.75, 3.05) is 0 Å². The smallest absolute Gasteiger partial charge is 0.271 e. The summed E-state index contributed by atoms with van der Waals surface area (Å²) in [6.07, 6.45) is 3.52. The zero-order valence-electron chi connectivity index (χ0n) is 18.3. The number of aromatic nitrogens is 1. The first kappa shape index (κ1) is 21.9. The first-order chi connectivity index (χ1) is 17.0. The van der Waals surface area contributed by atoms with Gasteiger partial charge in [0, 0.05) is 22.2 Å². The molecule has 0 radical (unpaired) electrons. The molecule has 0 bridgehead atoms. The summed E-state index contributed by atoms with van der Waals surface area (Å²) >= 11 is 4.87. The number of benzene rings is 3. The van der Waals surface area contributed by atoms with Gasteiger partial charge in [0.1, 0.15) is 0 Å². The molecule has 2 heterocycles. The lowest BCUT2D eigenvalue weighted by molar-refractivity contribution is -0.384. The standard InChI is InChI=1S/C27H18BrN3O3S/c28-19-10-7-18(8-11-19)25-22-14-9-17-3-1-2-4-21(17)24(22)29-27-30(25)26(32)23(35-27)15-16-5-12-20(13-6-16)31(33)34/h1-8,10-13,15,25H,9,14H2. The van der Waals surface area contributed by atoms with E-state index < -0.39 is 4.92 Å². The minimum atomic E-state index is -0.432. The van der Waals surface area contributed by atoms with E-state index in [2.05, 4.69) is 46.3 Å². The number of nitro groups is 1. The second kappa shape index (κ2) is 8.55. The maximum Gasteiger partial charge on any atom is 0.271 e. The number of rotatable bonds is 3. The number of nitrogens with zero attached hydrogens (tertiary/aromatic N) is 3. The van der Waals surface area contributed by atoms with E-state index in [1.54, 1.807) is 22.8 Å².